The molecule has 0 radical (unpaired) electrons. The van der Waals surface area contributed by atoms with E-state index in [2.05, 4.69) is 60.4 Å². The van der Waals surface area contributed by atoms with Gasteiger partial charge in [0, 0.05) is 36.0 Å². The van der Waals surface area contributed by atoms with Crippen molar-refractivity contribution in [2.75, 3.05) is 26.7 Å². The number of aryl methyl sites for hydroxylation is 1. The van der Waals surface area contributed by atoms with Gasteiger partial charge < -0.3 is 9.64 Å². The lowest BCUT2D eigenvalue weighted by atomic mass is 9.58. The number of hydrogen-bond acceptors (Lipinski definition) is 3. The van der Waals surface area contributed by atoms with Crippen molar-refractivity contribution in [2.24, 2.45) is 11.8 Å². The van der Waals surface area contributed by atoms with Gasteiger partial charge in [-0.25, -0.2) is 0 Å². The van der Waals surface area contributed by atoms with E-state index in [1.54, 1.807) is 7.11 Å². The molecule has 1 saturated carbocycles. The molecule has 160 valence electrons. The minimum absolute atomic E-state index is 0.159. The van der Waals surface area contributed by atoms with Crippen LogP contribution in [0.15, 0.2) is 48.5 Å². The molecule has 3 aliphatic rings. The number of pyridine rings is 1. The first-order valence-electron chi connectivity index (χ1n) is 11.9. The van der Waals surface area contributed by atoms with Gasteiger partial charge in [-0.1, -0.05) is 24.3 Å². The number of benzene rings is 2. The van der Waals surface area contributed by atoms with Gasteiger partial charge in [-0.15, -0.1) is 0 Å². The Kier molecular flexibility index (Phi) is 4.57. The number of ether oxygens (including phenoxy) is 1. The molecule has 31 heavy (non-hydrogen) atoms. The Balaban J connectivity index is 1.43. The van der Waals surface area contributed by atoms with Crippen LogP contribution in [0.1, 0.15) is 41.6 Å². The van der Waals surface area contributed by atoms with Crippen molar-refractivity contribution in [2.45, 2.75) is 44.4 Å². The molecular weight excluding hydrogens is 380 g/mol. The molecule has 2 aromatic carbocycles. The Labute approximate surface area is 185 Å². The molecule has 0 N–H and O–H groups in total. The molecule has 2 fully saturated rings. The molecule has 2 aliphatic carbocycles. The summed E-state index contributed by atoms with van der Waals surface area (Å²) in [6.07, 6.45) is 6.25. The normalized spacial score (nSPS) is 25.8. The van der Waals surface area contributed by atoms with E-state index in [1.165, 1.54) is 66.7 Å². The van der Waals surface area contributed by atoms with Crippen LogP contribution in [-0.2, 0) is 18.3 Å². The largest absolute Gasteiger partial charge is 0.497 e. The Bertz CT molecular complexity index is 1140. The van der Waals surface area contributed by atoms with Gasteiger partial charge >= 0.3 is 0 Å². The average Bonchev–Trinajstić information content (AvgIpc) is 3.60. The van der Waals surface area contributed by atoms with Gasteiger partial charge in [0.25, 0.3) is 0 Å². The zero-order valence-electron chi connectivity index (χ0n) is 18.7. The molecule has 0 amide bonds. The Morgan fingerprint density at radius 1 is 1.13 bits per heavy atom. The van der Waals surface area contributed by atoms with E-state index in [0.29, 0.717) is 5.92 Å². The molecule has 3 heteroatoms. The van der Waals surface area contributed by atoms with Crippen LogP contribution in [0, 0.1) is 18.8 Å². The van der Waals surface area contributed by atoms with E-state index in [-0.39, 0.29) is 5.41 Å². The summed E-state index contributed by atoms with van der Waals surface area (Å²) in [6, 6.07) is 18.0. The highest BCUT2D eigenvalue weighted by Crippen LogP contribution is 2.49. The Morgan fingerprint density at radius 2 is 2.03 bits per heavy atom. The van der Waals surface area contributed by atoms with Crippen LogP contribution >= 0.6 is 0 Å². The topological polar surface area (TPSA) is 25.4 Å². The highest BCUT2D eigenvalue weighted by Gasteiger charge is 2.48. The predicted molar refractivity (Wildman–Crippen MR) is 126 cm³/mol. The Hall–Kier alpha value is -2.39. The second-order valence-corrected chi connectivity index (χ2v) is 10.2. The van der Waals surface area contributed by atoms with Crippen molar-refractivity contribution in [1.29, 1.82) is 0 Å². The third-order valence-electron chi connectivity index (χ3n) is 8.08. The summed E-state index contributed by atoms with van der Waals surface area (Å²) in [5, 5.41) is 1.28. The van der Waals surface area contributed by atoms with Crippen LogP contribution in [0.25, 0.3) is 10.9 Å². The average molecular weight is 413 g/mol. The van der Waals surface area contributed by atoms with E-state index in [0.717, 1.165) is 30.0 Å². The van der Waals surface area contributed by atoms with Crippen molar-refractivity contribution < 1.29 is 4.74 Å². The molecule has 1 saturated heterocycles. The minimum atomic E-state index is 0.159. The summed E-state index contributed by atoms with van der Waals surface area (Å²) in [4.78, 5) is 7.97. The Morgan fingerprint density at radius 3 is 2.87 bits per heavy atom. The van der Waals surface area contributed by atoms with E-state index < -0.39 is 0 Å². The first-order valence-corrected chi connectivity index (χ1v) is 11.9. The number of likely N-dealkylation sites (tertiary alicyclic amines) is 1. The van der Waals surface area contributed by atoms with Crippen molar-refractivity contribution in [1.82, 2.24) is 9.88 Å². The summed E-state index contributed by atoms with van der Waals surface area (Å²) < 4.78 is 5.62. The van der Waals surface area contributed by atoms with Crippen LogP contribution in [0.2, 0.25) is 0 Å². The maximum atomic E-state index is 5.62. The number of rotatable bonds is 4. The highest BCUT2D eigenvalue weighted by molar-refractivity contribution is 5.80. The quantitative estimate of drug-likeness (QED) is 0.580. The second-order valence-electron chi connectivity index (χ2n) is 10.2. The van der Waals surface area contributed by atoms with E-state index in [1.807, 2.05) is 0 Å². The molecular formula is C28H32N2O. The van der Waals surface area contributed by atoms with Gasteiger partial charge in [-0.05, 0) is 91.9 Å². The van der Waals surface area contributed by atoms with Gasteiger partial charge in [0.05, 0.1) is 12.6 Å². The molecule has 0 unspecified atom stereocenters. The van der Waals surface area contributed by atoms with Crippen LogP contribution in [-0.4, -0.2) is 36.6 Å². The fourth-order valence-electron chi connectivity index (χ4n) is 6.13. The van der Waals surface area contributed by atoms with Gasteiger partial charge in [0.1, 0.15) is 5.75 Å². The highest BCUT2D eigenvalue weighted by atomic mass is 16.5. The third-order valence-corrected chi connectivity index (χ3v) is 8.08. The lowest BCUT2D eigenvalue weighted by Gasteiger charge is -2.51. The van der Waals surface area contributed by atoms with Crippen LogP contribution < -0.4 is 4.74 Å². The first-order chi connectivity index (χ1) is 15.1. The zero-order chi connectivity index (χ0) is 21.0. The molecule has 2 heterocycles. The molecule has 0 spiro atoms. The fourth-order valence-corrected chi connectivity index (χ4v) is 6.13. The van der Waals surface area contributed by atoms with Gasteiger partial charge in [-0.2, -0.15) is 0 Å². The lowest BCUT2D eigenvalue weighted by molar-refractivity contribution is 0.0777. The monoisotopic (exact) mass is 412 g/mol. The van der Waals surface area contributed by atoms with Crippen LogP contribution in [0.5, 0.6) is 5.75 Å². The summed E-state index contributed by atoms with van der Waals surface area (Å²) in [5.41, 5.74) is 6.81. The van der Waals surface area contributed by atoms with Crippen molar-refractivity contribution in [3.8, 4) is 5.75 Å². The molecule has 2 atom stereocenters. The summed E-state index contributed by atoms with van der Waals surface area (Å²) in [7, 11) is 1.78. The SMILES string of the molecule is COc1cccc([C@@]23CCN(CC4CC4)C[C@@H]2Cc2cc4ccc(C)cc4nc2C3)c1. The number of methoxy groups -OCH3 is 1. The number of hydrogen-bond donors (Lipinski definition) is 0. The smallest absolute Gasteiger partial charge is 0.119 e. The number of fused-ring (bicyclic) bond motifs is 3. The summed E-state index contributed by atoms with van der Waals surface area (Å²) >= 11 is 0. The predicted octanol–water partition coefficient (Wildman–Crippen LogP) is 5.32. The van der Waals surface area contributed by atoms with Gasteiger partial charge in [0.15, 0.2) is 0 Å². The number of aromatic nitrogens is 1. The van der Waals surface area contributed by atoms with Gasteiger partial charge in [0.2, 0.25) is 0 Å². The second kappa shape index (κ2) is 7.34. The summed E-state index contributed by atoms with van der Waals surface area (Å²) in [5.74, 6) is 2.55. The molecule has 1 aliphatic heterocycles. The summed E-state index contributed by atoms with van der Waals surface area (Å²) in [6.45, 7) is 5.86. The van der Waals surface area contributed by atoms with Crippen molar-refractivity contribution in [3.05, 3.63) is 70.9 Å². The lowest BCUT2D eigenvalue weighted by Crippen LogP contribution is -2.54. The number of piperidine rings is 1. The third kappa shape index (κ3) is 3.43. The zero-order valence-corrected chi connectivity index (χ0v) is 18.7. The molecule has 3 aromatic rings. The molecule has 0 bridgehead atoms. The minimum Gasteiger partial charge on any atom is -0.497 e. The van der Waals surface area contributed by atoms with Crippen LogP contribution in [0.4, 0.5) is 0 Å². The molecule has 1 aromatic heterocycles. The van der Waals surface area contributed by atoms with Crippen LogP contribution in [0.3, 0.4) is 0 Å². The molecule has 3 nitrogen and oxygen atoms in total. The maximum absolute atomic E-state index is 5.62. The van der Waals surface area contributed by atoms with E-state index in [9.17, 15) is 0 Å². The van der Waals surface area contributed by atoms with Gasteiger partial charge in [-0.3, -0.25) is 4.98 Å². The fraction of sp³-hybridized carbons (Fsp3) is 0.464. The van der Waals surface area contributed by atoms with E-state index >= 15 is 0 Å². The number of nitrogens with zero attached hydrogens (tertiary/aromatic N) is 2. The standard InChI is InChI=1S/C28H32N2O/c1-19-6-9-21-13-22-14-24-18-30(17-20-7-8-20)11-10-28(24,16-27(22)29-26(21)12-19)23-4-3-5-25(15-23)31-2/h3-6,9,12-13,15,20,24H,7-8,10-11,14,16-18H2,1-2H3/t24-,28-/m0/s1. The maximum Gasteiger partial charge on any atom is 0.119 e. The van der Waals surface area contributed by atoms with Crippen molar-refractivity contribution in [3.63, 3.8) is 0 Å². The molecule has 6 rings (SSSR count). The van der Waals surface area contributed by atoms with E-state index in [4.69, 9.17) is 9.72 Å². The first kappa shape index (κ1) is 19.3. The van der Waals surface area contributed by atoms with Crippen molar-refractivity contribution >= 4 is 10.9 Å².